The third kappa shape index (κ3) is 4.34. The number of hydrogen-bond donors (Lipinski definition) is 4. The van der Waals surface area contributed by atoms with Crippen LogP contribution in [0.5, 0.6) is 0 Å². The molecule has 32 heavy (non-hydrogen) atoms. The van der Waals surface area contributed by atoms with E-state index in [1.165, 1.54) is 0 Å². The van der Waals surface area contributed by atoms with Gasteiger partial charge in [0.05, 0.1) is 25.0 Å². The summed E-state index contributed by atoms with van der Waals surface area (Å²) >= 11 is 0. The van der Waals surface area contributed by atoms with Crippen LogP contribution in [0.4, 0.5) is 17.3 Å². The van der Waals surface area contributed by atoms with E-state index in [1.807, 2.05) is 19.2 Å². The van der Waals surface area contributed by atoms with Crippen molar-refractivity contribution in [2.45, 2.75) is 57.0 Å². The topological polar surface area (TPSA) is 118 Å². The van der Waals surface area contributed by atoms with E-state index in [9.17, 15) is 9.90 Å². The fourth-order valence-corrected chi connectivity index (χ4v) is 3.84. The highest BCUT2D eigenvalue weighted by molar-refractivity contribution is 5.64. The van der Waals surface area contributed by atoms with Crippen LogP contribution in [-0.4, -0.2) is 56.2 Å². The van der Waals surface area contributed by atoms with Crippen molar-refractivity contribution < 1.29 is 9.84 Å². The first kappa shape index (κ1) is 20.9. The molecule has 0 amide bonds. The van der Waals surface area contributed by atoms with E-state index in [-0.39, 0.29) is 17.7 Å². The molecule has 0 aromatic carbocycles. The molecule has 5 rings (SSSR count). The smallest absolute Gasteiger partial charge is 0.274 e. The Morgan fingerprint density at radius 1 is 1.28 bits per heavy atom. The summed E-state index contributed by atoms with van der Waals surface area (Å²) in [5, 5.41) is 23.9. The first-order valence-electron chi connectivity index (χ1n) is 11.2. The van der Waals surface area contributed by atoms with Crippen LogP contribution in [0.15, 0.2) is 35.4 Å². The Kier molecular flexibility index (Phi) is 5.81. The lowest BCUT2D eigenvalue weighted by Crippen LogP contribution is -2.47. The fraction of sp³-hybridized carbons (Fsp3) is 0.500. The minimum absolute atomic E-state index is 0.113. The summed E-state index contributed by atoms with van der Waals surface area (Å²) in [6.45, 7) is 1.61. The number of fused-ring (bicyclic) bond motifs is 1. The van der Waals surface area contributed by atoms with Gasteiger partial charge in [-0.2, -0.15) is 9.61 Å². The van der Waals surface area contributed by atoms with Gasteiger partial charge in [-0.15, -0.1) is 0 Å². The summed E-state index contributed by atoms with van der Waals surface area (Å²) in [6, 6.07) is 5.53. The van der Waals surface area contributed by atoms with Gasteiger partial charge in [0.1, 0.15) is 17.3 Å². The molecular weight excluding hydrogens is 410 g/mol. The molecule has 10 nitrogen and oxygen atoms in total. The minimum atomic E-state index is -0.287. The van der Waals surface area contributed by atoms with Gasteiger partial charge >= 0.3 is 0 Å². The molecule has 2 aliphatic carbocycles. The second-order valence-electron chi connectivity index (χ2n) is 8.43. The first-order valence-corrected chi connectivity index (χ1v) is 11.2. The maximum absolute atomic E-state index is 12.9. The molecule has 0 radical (unpaired) electrons. The molecule has 2 aliphatic rings. The SMILES string of the molecule is CNc1cc(Nc2cccn(CCOC3CC3)c2=O)nc2c(CN[C@@H]3CC[C@H]3O)cnn12. The van der Waals surface area contributed by atoms with Gasteiger partial charge in [-0.25, -0.2) is 4.98 Å². The lowest BCUT2D eigenvalue weighted by atomic mass is 9.89. The highest BCUT2D eigenvalue weighted by Crippen LogP contribution is 2.24. The second-order valence-corrected chi connectivity index (χ2v) is 8.43. The Morgan fingerprint density at radius 2 is 2.16 bits per heavy atom. The van der Waals surface area contributed by atoms with Crippen LogP contribution in [-0.2, 0) is 17.8 Å². The van der Waals surface area contributed by atoms with Gasteiger partial charge in [0, 0.05) is 44.0 Å². The summed E-state index contributed by atoms with van der Waals surface area (Å²) in [4.78, 5) is 17.6. The van der Waals surface area contributed by atoms with Crippen molar-refractivity contribution in [1.29, 1.82) is 0 Å². The summed E-state index contributed by atoms with van der Waals surface area (Å²) in [5.41, 5.74) is 1.95. The number of pyridine rings is 1. The molecule has 3 aromatic rings. The summed E-state index contributed by atoms with van der Waals surface area (Å²) in [7, 11) is 1.82. The predicted molar refractivity (Wildman–Crippen MR) is 121 cm³/mol. The van der Waals surface area contributed by atoms with Gasteiger partial charge in [-0.1, -0.05) is 0 Å². The Balaban J connectivity index is 1.36. The van der Waals surface area contributed by atoms with Gasteiger partial charge in [0.2, 0.25) is 0 Å². The van der Waals surface area contributed by atoms with Crippen molar-refractivity contribution >= 4 is 23.0 Å². The molecule has 170 valence electrons. The number of nitrogens with one attached hydrogen (secondary N) is 3. The molecule has 2 atom stereocenters. The molecule has 2 fully saturated rings. The van der Waals surface area contributed by atoms with E-state index in [1.54, 1.807) is 27.5 Å². The molecule has 0 saturated heterocycles. The summed E-state index contributed by atoms with van der Waals surface area (Å²) in [6.07, 6.45) is 7.67. The maximum atomic E-state index is 12.9. The maximum Gasteiger partial charge on any atom is 0.274 e. The van der Waals surface area contributed by atoms with Crippen LogP contribution < -0.4 is 21.5 Å². The number of aliphatic hydroxyl groups excluding tert-OH is 1. The largest absolute Gasteiger partial charge is 0.392 e. The van der Waals surface area contributed by atoms with E-state index in [0.717, 1.165) is 37.1 Å². The zero-order valence-corrected chi connectivity index (χ0v) is 18.1. The number of hydrogen-bond acceptors (Lipinski definition) is 8. The Labute approximate surface area is 185 Å². The zero-order chi connectivity index (χ0) is 22.1. The average Bonchev–Trinajstić information content (AvgIpc) is 3.53. The average molecular weight is 440 g/mol. The summed E-state index contributed by atoms with van der Waals surface area (Å²) < 4.78 is 9.07. The molecule has 0 aliphatic heterocycles. The van der Waals surface area contributed by atoms with E-state index >= 15 is 0 Å². The van der Waals surface area contributed by atoms with Crippen LogP contribution >= 0.6 is 0 Å². The fourth-order valence-electron chi connectivity index (χ4n) is 3.84. The number of nitrogens with zero attached hydrogens (tertiary/aromatic N) is 4. The molecule has 2 saturated carbocycles. The molecule has 4 N–H and O–H groups in total. The van der Waals surface area contributed by atoms with Crippen LogP contribution in [0.25, 0.3) is 5.65 Å². The number of ether oxygens (including phenoxy) is 1. The quantitative estimate of drug-likeness (QED) is 0.375. The third-order valence-corrected chi connectivity index (χ3v) is 6.09. The Hall–Kier alpha value is -2.95. The van der Waals surface area contributed by atoms with Crippen LogP contribution in [0.1, 0.15) is 31.2 Å². The highest BCUT2D eigenvalue weighted by Gasteiger charge is 2.28. The Morgan fingerprint density at radius 3 is 2.88 bits per heavy atom. The molecule has 3 heterocycles. The van der Waals surface area contributed by atoms with Crippen molar-refractivity contribution in [3.8, 4) is 0 Å². The number of rotatable bonds is 10. The molecule has 0 unspecified atom stereocenters. The van der Waals surface area contributed by atoms with Gasteiger partial charge in [0.15, 0.2) is 5.65 Å². The number of aliphatic hydroxyl groups is 1. The normalized spacial score (nSPS) is 20.3. The Bertz CT molecular complexity index is 1150. The van der Waals surface area contributed by atoms with Crippen LogP contribution in [0, 0.1) is 0 Å². The lowest BCUT2D eigenvalue weighted by molar-refractivity contribution is 0.0493. The summed E-state index contributed by atoms with van der Waals surface area (Å²) in [5.74, 6) is 1.30. The molecule has 0 bridgehead atoms. The van der Waals surface area contributed by atoms with Gasteiger partial charge < -0.3 is 30.4 Å². The van der Waals surface area contributed by atoms with E-state index in [0.29, 0.717) is 43.0 Å². The van der Waals surface area contributed by atoms with Crippen molar-refractivity contribution in [3.63, 3.8) is 0 Å². The lowest BCUT2D eigenvalue weighted by Gasteiger charge is -2.33. The monoisotopic (exact) mass is 439 g/mol. The van der Waals surface area contributed by atoms with E-state index in [4.69, 9.17) is 9.72 Å². The van der Waals surface area contributed by atoms with E-state index < -0.39 is 0 Å². The first-order chi connectivity index (χ1) is 15.6. The van der Waals surface area contributed by atoms with Gasteiger partial charge in [0.25, 0.3) is 5.56 Å². The van der Waals surface area contributed by atoms with Crippen molar-refractivity contribution in [3.05, 3.63) is 46.5 Å². The van der Waals surface area contributed by atoms with Crippen molar-refractivity contribution in [2.75, 3.05) is 24.3 Å². The molecule has 3 aromatic heterocycles. The standard InChI is InChI=1S/C22H29N7O3/c1-23-20-11-19(26-17-3-2-8-28(22(17)31)9-10-32-15-4-5-15)27-21-14(13-25-29(20)21)12-24-16-6-7-18(16)30/h2-3,8,11,13,15-16,18,23-24,30H,4-7,9-10,12H2,1H3,(H,26,27)/t16-,18-/m1/s1. The van der Waals surface area contributed by atoms with Crippen molar-refractivity contribution in [2.24, 2.45) is 0 Å². The third-order valence-electron chi connectivity index (χ3n) is 6.09. The second kappa shape index (κ2) is 8.89. The number of anilines is 3. The highest BCUT2D eigenvalue weighted by atomic mass is 16.5. The minimum Gasteiger partial charge on any atom is -0.392 e. The molecule has 0 spiro atoms. The van der Waals surface area contributed by atoms with Crippen LogP contribution in [0.3, 0.4) is 0 Å². The molecular formula is C22H29N7O3. The molecule has 10 heteroatoms. The predicted octanol–water partition coefficient (Wildman–Crippen LogP) is 1.47. The van der Waals surface area contributed by atoms with Gasteiger partial charge in [-0.05, 0) is 37.8 Å². The van der Waals surface area contributed by atoms with E-state index in [2.05, 4.69) is 21.0 Å². The number of aromatic nitrogens is 4. The zero-order valence-electron chi connectivity index (χ0n) is 18.1. The van der Waals surface area contributed by atoms with Crippen LogP contribution in [0.2, 0.25) is 0 Å². The van der Waals surface area contributed by atoms with Gasteiger partial charge in [-0.3, -0.25) is 4.79 Å². The van der Waals surface area contributed by atoms with Crippen molar-refractivity contribution in [1.82, 2.24) is 24.5 Å².